The molecule has 0 spiro atoms. The van der Waals surface area contributed by atoms with Crippen LogP contribution in [0.25, 0.3) is 10.9 Å². The van der Waals surface area contributed by atoms with Gasteiger partial charge in [0.25, 0.3) is 0 Å². The summed E-state index contributed by atoms with van der Waals surface area (Å²) in [5, 5.41) is 1.31. The Hall–Kier alpha value is -1.32. The minimum atomic E-state index is 0.712. The van der Waals surface area contributed by atoms with Gasteiger partial charge in [-0.25, -0.2) is 0 Å². The number of benzene rings is 1. The van der Waals surface area contributed by atoms with E-state index < -0.39 is 0 Å². The summed E-state index contributed by atoms with van der Waals surface area (Å²) in [6.07, 6.45) is 5.39. The van der Waals surface area contributed by atoms with Crippen molar-refractivity contribution in [3.05, 3.63) is 36.0 Å². The zero-order valence-electron chi connectivity index (χ0n) is 11.1. The van der Waals surface area contributed by atoms with E-state index >= 15 is 0 Å². The molecule has 2 aromatic rings. The van der Waals surface area contributed by atoms with Crippen LogP contribution in [0.15, 0.2) is 30.5 Å². The van der Waals surface area contributed by atoms with Crippen LogP contribution in [0.5, 0.6) is 0 Å². The largest absolute Gasteiger partial charge is 0.385 e. The molecule has 0 bridgehead atoms. The number of hydrogen-bond donors (Lipinski definition) is 1. The minimum Gasteiger partial charge on any atom is -0.385 e. The maximum atomic E-state index is 5.59. The van der Waals surface area contributed by atoms with Crippen molar-refractivity contribution < 1.29 is 4.74 Å². The Balaban J connectivity index is 2.06. The number of hydrogen-bond acceptors (Lipinski definition) is 2. The van der Waals surface area contributed by atoms with E-state index in [-0.39, 0.29) is 0 Å². The maximum Gasteiger partial charge on any atom is 0.0480 e. The molecule has 0 aliphatic rings. The third-order valence-electron chi connectivity index (χ3n) is 3.27. The van der Waals surface area contributed by atoms with E-state index in [1.165, 1.54) is 16.5 Å². The Bertz CT molecular complexity index is 490. The predicted molar refractivity (Wildman–Crippen MR) is 75.8 cm³/mol. The Morgan fingerprint density at radius 1 is 1.22 bits per heavy atom. The van der Waals surface area contributed by atoms with Gasteiger partial charge in [0.15, 0.2) is 0 Å². The van der Waals surface area contributed by atoms with Gasteiger partial charge in [0, 0.05) is 32.0 Å². The second-order valence-electron chi connectivity index (χ2n) is 4.64. The lowest BCUT2D eigenvalue weighted by Crippen LogP contribution is -2.02. The van der Waals surface area contributed by atoms with Crippen molar-refractivity contribution in [2.45, 2.75) is 25.8 Å². The Morgan fingerprint density at radius 3 is 2.89 bits per heavy atom. The standard InChI is InChI=1S/C15H22N2O/c1-18-11-3-2-9-17-10-7-14-12-13(6-8-16)4-5-15(14)17/h4-5,7,10,12H,2-3,6,8-9,11,16H2,1H3. The van der Waals surface area contributed by atoms with Crippen molar-refractivity contribution in [1.29, 1.82) is 0 Å². The van der Waals surface area contributed by atoms with Crippen molar-refractivity contribution in [2.75, 3.05) is 20.3 Å². The summed E-state index contributed by atoms with van der Waals surface area (Å²) in [7, 11) is 1.75. The van der Waals surface area contributed by atoms with Crippen LogP contribution < -0.4 is 5.73 Å². The molecule has 0 atom stereocenters. The van der Waals surface area contributed by atoms with Gasteiger partial charge in [0.2, 0.25) is 0 Å². The molecule has 0 unspecified atom stereocenters. The van der Waals surface area contributed by atoms with Gasteiger partial charge in [0.05, 0.1) is 0 Å². The van der Waals surface area contributed by atoms with Crippen molar-refractivity contribution in [2.24, 2.45) is 5.73 Å². The van der Waals surface area contributed by atoms with Crippen LogP contribution in [0.2, 0.25) is 0 Å². The molecule has 2 N–H and O–H groups in total. The quantitative estimate of drug-likeness (QED) is 0.763. The Kier molecular flexibility index (Phi) is 4.79. The molecule has 18 heavy (non-hydrogen) atoms. The molecule has 0 saturated carbocycles. The van der Waals surface area contributed by atoms with Gasteiger partial charge in [0.1, 0.15) is 0 Å². The molecular formula is C15H22N2O. The van der Waals surface area contributed by atoms with Crippen molar-refractivity contribution in [1.82, 2.24) is 4.57 Å². The lowest BCUT2D eigenvalue weighted by molar-refractivity contribution is 0.191. The molecule has 0 aliphatic heterocycles. The van der Waals surface area contributed by atoms with Gasteiger partial charge in [-0.05, 0) is 55.0 Å². The van der Waals surface area contributed by atoms with Gasteiger partial charge < -0.3 is 15.0 Å². The number of methoxy groups -OCH3 is 1. The molecule has 1 aromatic carbocycles. The monoisotopic (exact) mass is 246 g/mol. The zero-order chi connectivity index (χ0) is 12.8. The first kappa shape index (κ1) is 13.1. The number of aromatic nitrogens is 1. The van der Waals surface area contributed by atoms with Crippen LogP contribution in [0.1, 0.15) is 18.4 Å². The lowest BCUT2D eigenvalue weighted by Gasteiger charge is -2.06. The van der Waals surface area contributed by atoms with E-state index in [4.69, 9.17) is 10.5 Å². The van der Waals surface area contributed by atoms with E-state index in [0.717, 1.165) is 32.4 Å². The van der Waals surface area contributed by atoms with Crippen molar-refractivity contribution >= 4 is 10.9 Å². The van der Waals surface area contributed by atoms with Gasteiger partial charge in [-0.2, -0.15) is 0 Å². The smallest absolute Gasteiger partial charge is 0.0480 e. The number of ether oxygens (including phenoxy) is 1. The van der Waals surface area contributed by atoms with Crippen LogP contribution in [-0.4, -0.2) is 24.8 Å². The SMILES string of the molecule is COCCCCn1ccc2cc(CCN)ccc21. The lowest BCUT2D eigenvalue weighted by atomic mass is 10.1. The number of aryl methyl sites for hydroxylation is 1. The molecule has 98 valence electrons. The van der Waals surface area contributed by atoms with Gasteiger partial charge in [-0.3, -0.25) is 0 Å². The van der Waals surface area contributed by atoms with Crippen LogP contribution in [0.3, 0.4) is 0 Å². The second kappa shape index (κ2) is 6.57. The average molecular weight is 246 g/mol. The Labute approximate surface area is 109 Å². The fourth-order valence-corrected chi connectivity index (χ4v) is 2.30. The number of rotatable bonds is 7. The topological polar surface area (TPSA) is 40.2 Å². The van der Waals surface area contributed by atoms with E-state index in [2.05, 4.69) is 35.0 Å². The molecule has 0 radical (unpaired) electrons. The van der Waals surface area contributed by atoms with Crippen molar-refractivity contribution in [3.63, 3.8) is 0 Å². The molecule has 3 heteroatoms. The number of fused-ring (bicyclic) bond motifs is 1. The highest BCUT2D eigenvalue weighted by atomic mass is 16.5. The molecule has 3 nitrogen and oxygen atoms in total. The highest BCUT2D eigenvalue weighted by molar-refractivity contribution is 5.80. The fourth-order valence-electron chi connectivity index (χ4n) is 2.30. The number of unbranched alkanes of at least 4 members (excludes halogenated alkanes) is 1. The summed E-state index contributed by atoms with van der Waals surface area (Å²) in [6, 6.07) is 8.82. The van der Waals surface area contributed by atoms with Gasteiger partial charge in [-0.15, -0.1) is 0 Å². The van der Waals surface area contributed by atoms with Crippen LogP contribution >= 0.6 is 0 Å². The number of nitrogens with two attached hydrogens (primary N) is 1. The summed E-state index contributed by atoms with van der Waals surface area (Å²) in [5.74, 6) is 0. The van der Waals surface area contributed by atoms with E-state index in [9.17, 15) is 0 Å². The first-order valence-electron chi connectivity index (χ1n) is 6.62. The third kappa shape index (κ3) is 3.12. The minimum absolute atomic E-state index is 0.712. The molecule has 1 aromatic heterocycles. The third-order valence-corrected chi connectivity index (χ3v) is 3.27. The summed E-state index contributed by atoms with van der Waals surface area (Å²) in [5.41, 5.74) is 8.22. The molecule has 0 aliphatic carbocycles. The molecular weight excluding hydrogens is 224 g/mol. The van der Waals surface area contributed by atoms with E-state index in [1.54, 1.807) is 7.11 Å². The first-order chi connectivity index (χ1) is 8.85. The molecule has 0 fully saturated rings. The molecule has 0 amide bonds. The van der Waals surface area contributed by atoms with Crippen LogP contribution in [0, 0.1) is 0 Å². The molecule has 2 rings (SSSR count). The normalized spacial score (nSPS) is 11.2. The Morgan fingerprint density at radius 2 is 2.11 bits per heavy atom. The van der Waals surface area contributed by atoms with Crippen molar-refractivity contribution in [3.8, 4) is 0 Å². The highest BCUT2D eigenvalue weighted by Crippen LogP contribution is 2.18. The maximum absolute atomic E-state index is 5.59. The molecule has 0 saturated heterocycles. The highest BCUT2D eigenvalue weighted by Gasteiger charge is 2.02. The summed E-state index contributed by atoms with van der Waals surface area (Å²) < 4.78 is 7.39. The van der Waals surface area contributed by atoms with Gasteiger partial charge >= 0.3 is 0 Å². The zero-order valence-corrected chi connectivity index (χ0v) is 11.1. The van der Waals surface area contributed by atoms with Gasteiger partial charge in [-0.1, -0.05) is 6.07 Å². The van der Waals surface area contributed by atoms with E-state index in [1.807, 2.05) is 0 Å². The fraction of sp³-hybridized carbons (Fsp3) is 0.467. The second-order valence-corrected chi connectivity index (χ2v) is 4.64. The van der Waals surface area contributed by atoms with Crippen LogP contribution in [-0.2, 0) is 17.7 Å². The first-order valence-corrected chi connectivity index (χ1v) is 6.62. The molecule has 1 heterocycles. The van der Waals surface area contributed by atoms with E-state index in [0.29, 0.717) is 6.54 Å². The number of nitrogens with zero attached hydrogens (tertiary/aromatic N) is 1. The van der Waals surface area contributed by atoms with Crippen LogP contribution in [0.4, 0.5) is 0 Å². The average Bonchev–Trinajstić information content (AvgIpc) is 2.78. The summed E-state index contributed by atoms with van der Waals surface area (Å²) >= 11 is 0. The summed E-state index contributed by atoms with van der Waals surface area (Å²) in [4.78, 5) is 0. The summed E-state index contributed by atoms with van der Waals surface area (Å²) in [6.45, 7) is 2.62. The predicted octanol–water partition coefficient (Wildman–Crippen LogP) is 2.57.